The molecule has 0 aliphatic carbocycles. The molecule has 2 N–H and O–H groups in total. The number of nitrogens with zero attached hydrogens (tertiary/aromatic N) is 1. The first kappa shape index (κ1) is 19.7. The summed E-state index contributed by atoms with van der Waals surface area (Å²) in [4.78, 5) is 30.4. The Hall–Kier alpha value is -3.58. The van der Waals surface area contributed by atoms with Crippen molar-refractivity contribution in [2.45, 2.75) is 6.04 Å². The number of fused-ring (bicyclic) bond motifs is 1. The minimum atomic E-state index is -0.787. The van der Waals surface area contributed by atoms with Crippen molar-refractivity contribution in [3.05, 3.63) is 71.4 Å². The number of hydrogen-bond acceptors (Lipinski definition) is 5. The van der Waals surface area contributed by atoms with Crippen molar-refractivity contribution >= 4 is 28.4 Å². The Labute approximate surface area is 173 Å². The number of aliphatic hydroxyl groups is 1. The maximum absolute atomic E-state index is 13.0. The van der Waals surface area contributed by atoms with Crippen molar-refractivity contribution in [1.29, 1.82) is 0 Å². The molecule has 30 heavy (non-hydrogen) atoms. The topological polar surface area (TPSA) is 91.9 Å². The summed E-state index contributed by atoms with van der Waals surface area (Å²) < 4.78 is 10.6. The van der Waals surface area contributed by atoms with E-state index in [2.05, 4.69) is 4.98 Å². The second-order valence-corrected chi connectivity index (χ2v) is 6.98. The van der Waals surface area contributed by atoms with E-state index >= 15 is 0 Å². The number of ether oxygens (including phenoxy) is 2. The highest BCUT2D eigenvalue weighted by Gasteiger charge is 2.47. The molecule has 1 aliphatic rings. The van der Waals surface area contributed by atoms with E-state index in [0.717, 1.165) is 10.9 Å². The van der Waals surface area contributed by atoms with Crippen LogP contribution >= 0.6 is 0 Å². The third kappa shape index (κ3) is 3.13. The van der Waals surface area contributed by atoms with Gasteiger partial charge in [0.25, 0.3) is 11.7 Å². The molecule has 0 radical (unpaired) electrons. The lowest BCUT2D eigenvalue weighted by molar-refractivity contribution is -0.140. The fraction of sp³-hybridized carbons (Fsp3) is 0.217. The van der Waals surface area contributed by atoms with E-state index in [0.29, 0.717) is 16.9 Å². The van der Waals surface area contributed by atoms with Crippen molar-refractivity contribution < 1.29 is 24.2 Å². The van der Waals surface area contributed by atoms with Crippen LogP contribution in [0.15, 0.2) is 60.3 Å². The fourth-order valence-electron chi connectivity index (χ4n) is 3.93. The second-order valence-electron chi connectivity index (χ2n) is 6.98. The van der Waals surface area contributed by atoms with Gasteiger partial charge in [0.1, 0.15) is 11.5 Å². The number of likely N-dealkylation sites (tertiary alicyclic amines) is 1. The van der Waals surface area contributed by atoms with Gasteiger partial charge in [0.2, 0.25) is 0 Å². The van der Waals surface area contributed by atoms with Crippen LogP contribution in [0.25, 0.3) is 16.7 Å². The van der Waals surface area contributed by atoms with Crippen molar-refractivity contribution in [3.63, 3.8) is 0 Å². The number of amides is 1. The quantitative estimate of drug-likeness (QED) is 0.373. The molecule has 7 nitrogen and oxygen atoms in total. The third-order valence-electron chi connectivity index (χ3n) is 5.35. The molecule has 1 amide bonds. The highest BCUT2D eigenvalue weighted by Crippen LogP contribution is 2.43. The molecule has 2 aromatic carbocycles. The lowest BCUT2D eigenvalue weighted by Crippen LogP contribution is -2.32. The van der Waals surface area contributed by atoms with Gasteiger partial charge in [-0.2, -0.15) is 0 Å². The normalized spacial score (nSPS) is 18.3. The molecule has 1 aromatic heterocycles. The molecule has 0 saturated carbocycles. The number of aromatic nitrogens is 1. The molecule has 7 heteroatoms. The summed E-state index contributed by atoms with van der Waals surface area (Å²) in [5.74, 6) is -1.10. The van der Waals surface area contributed by atoms with Crippen LogP contribution in [-0.2, 0) is 14.3 Å². The number of rotatable bonds is 6. The highest BCUT2D eigenvalue weighted by atomic mass is 16.5. The minimum Gasteiger partial charge on any atom is -0.507 e. The molecule has 1 aliphatic heterocycles. The second kappa shape index (κ2) is 8.04. The monoisotopic (exact) mass is 406 g/mol. The number of nitrogens with one attached hydrogen (secondary N) is 1. The largest absolute Gasteiger partial charge is 0.507 e. The zero-order chi connectivity index (χ0) is 21.3. The van der Waals surface area contributed by atoms with Gasteiger partial charge in [-0.3, -0.25) is 9.59 Å². The van der Waals surface area contributed by atoms with E-state index < -0.39 is 17.7 Å². The lowest BCUT2D eigenvalue weighted by atomic mass is 9.94. The summed E-state index contributed by atoms with van der Waals surface area (Å²) in [6.45, 7) is 0.459. The number of ketones is 1. The van der Waals surface area contributed by atoms with Gasteiger partial charge in [0, 0.05) is 41.9 Å². The average Bonchev–Trinajstić information content (AvgIpc) is 3.31. The fourth-order valence-corrected chi connectivity index (χ4v) is 3.93. The lowest BCUT2D eigenvalue weighted by Gasteiger charge is -2.26. The number of benzene rings is 2. The van der Waals surface area contributed by atoms with Gasteiger partial charge >= 0.3 is 0 Å². The van der Waals surface area contributed by atoms with E-state index in [1.165, 1.54) is 19.1 Å². The zero-order valence-electron chi connectivity index (χ0n) is 16.7. The summed E-state index contributed by atoms with van der Waals surface area (Å²) in [5.41, 5.74) is 1.94. The van der Waals surface area contributed by atoms with Crippen LogP contribution in [0.3, 0.4) is 0 Å². The number of methoxy groups -OCH3 is 2. The number of para-hydroxylation sites is 2. The maximum Gasteiger partial charge on any atom is 0.295 e. The smallest absolute Gasteiger partial charge is 0.295 e. The van der Waals surface area contributed by atoms with Crippen LogP contribution in [-0.4, -0.2) is 54.1 Å². The van der Waals surface area contributed by atoms with Crippen LogP contribution < -0.4 is 4.74 Å². The first-order valence-electron chi connectivity index (χ1n) is 9.55. The predicted octanol–water partition coefficient (Wildman–Crippen LogP) is 3.24. The van der Waals surface area contributed by atoms with Gasteiger partial charge in [-0.05, 0) is 12.1 Å². The van der Waals surface area contributed by atoms with Crippen molar-refractivity contribution in [3.8, 4) is 5.75 Å². The highest BCUT2D eigenvalue weighted by molar-refractivity contribution is 6.46. The predicted molar refractivity (Wildman–Crippen MR) is 112 cm³/mol. The van der Waals surface area contributed by atoms with Gasteiger partial charge < -0.3 is 24.5 Å². The molecule has 1 atom stereocenters. The first-order valence-corrected chi connectivity index (χ1v) is 9.55. The Bertz CT molecular complexity index is 1150. The molecule has 4 rings (SSSR count). The number of aromatic amines is 1. The van der Waals surface area contributed by atoms with Crippen LogP contribution in [0.4, 0.5) is 0 Å². The Morgan fingerprint density at radius 2 is 1.83 bits per heavy atom. The summed E-state index contributed by atoms with van der Waals surface area (Å²) in [6.07, 6.45) is 1.64. The van der Waals surface area contributed by atoms with E-state index in [9.17, 15) is 14.7 Å². The van der Waals surface area contributed by atoms with E-state index in [-0.39, 0.29) is 24.5 Å². The van der Waals surface area contributed by atoms with Crippen LogP contribution in [0.2, 0.25) is 0 Å². The van der Waals surface area contributed by atoms with Gasteiger partial charge in [-0.25, -0.2) is 0 Å². The summed E-state index contributed by atoms with van der Waals surface area (Å²) in [5, 5.41) is 12.0. The number of H-pyrrole nitrogens is 1. The molecule has 3 aromatic rings. The molecular weight excluding hydrogens is 384 g/mol. The average molecular weight is 406 g/mol. The zero-order valence-corrected chi connectivity index (χ0v) is 16.7. The van der Waals surface area contributed by atoms with E-state index in [1.54, 1.807) is 24.4 Å². The van der Waals surface area contributed by atoms with Gasteiger partial charge in [0.05, 0.1) is 25.3 Å². The molecule has 1 unspecified atom stereocenters. The van der Waals surface area contributed by atoms with Crippen molar-refractivity contribution in [2.75, 3.05) is 27.4 Å². The molecule has 154 valence electrons. The van der Waals surface area contributed by atoms with E-state index in [4.69, 9.17) is 9.47 Å². The number of carbonyl (C=O) groups is 2. The Morgan fingerprint density at radius 1 is 1.10 bits per heavy atom. The van der Waals surface area contributed by atoms with Crippen LogP contribution in [0.1, 0.15) is 17.2 Å². The SMILES string of the molecule is COCCN1C(=O)C(=O)/C(=C(/O)c2c[nH]c3ccccc23)C1c1ccccc1OC. The molecule has 1 saturated heterocycles. The Morgan fingerprint density at radius 3 is 2.60 bits per heavy atom. The van der Waals surface area contributed by atoms with Gasteiger partial charge in [0.15, 0.2) is 0 Å². The number of hydrogen-bond donors (Lipinski definition) is 2. The Kier molecular flexibility index (Phi) is 5.29. The van der Waals surface area contributed by atoms with Crippen molar-refractivity contribution in [2.24, 2.45) is 0 Å². The van der Waals surface area contributed by atoms with Gasteiger partial charge in [-0.1, -0.05) is 36.4 Å². The van der Waals surface area contributed by atoms with Crippen LogP contribution in [0, 0.1) is 0 Å². The van der Waals surface area contributed by atoms with Crippen molar-refractivity contribution in [1.82, 2.24) is 9.88 Å². The summed E-state index contributed by atoms with van der Waals surface area (Å²) >= 11 is 0. The maximum atomic E-state index is 13.0. The number of Topliss-reactive ketones (excluding diaryl/α,β-unsaturated/α-hetero) is 1. The third-order valence-corrected chi connectivity index (χ3v) is 5.35. The molecule has 2 heterocycles. The molecule has 0 bridgehead atoms. The number of carbonyl (C=O) groups excluding carboxylic acids is 2. The summed E-state index contributed by atoms with van der Waals surface area (Å²) in [7, 11) is 3.06. The minimum absolute atomic E-state index is 0.0327. The number of aliphatic hydroxyl groups excluding tert-OH is 1. The molecule has 1 fully saturated rings. The van der Waals surface area contributed by atoms with E-state index in [1.807, 2.05) is 30.3 Å². The standard InChI is InChI=1S/C23H22N2O5/c1-29-12-11-25-20(15-8-4-6-10-18(15)30-2)19(22(27)23(25)28)21(26)16-13-24-17-9-5-3-7-14(16)17/h3-10,13,20,24,26H,11-12H2,1-2H3/b21-19+. The Balaban J connectivity index is 1.94. The molecule has 0 spiro atoms. The first-order chi connectivity index (χ1) is 14.6. The molecular formula is C23H22N2O5. The van der Waals surface area contributed by atoms with Crippen LogP contribution in [0.5, 0.6) is 5.75 Å². The van der Waals surface area contributed by atoms with Gasteiger partial charge in [-0.15, -0.1) is 0 Å². The summed E-state index contributed by atoms with van der Waals surface area (Å²) in [6, 6.07) is 13.8.